The molecule has 2 amide bonds. The second kappa shape index (κ2) is 6.60. The van der Waals surface area contributed by atoms with Crippen molar-refractivity contribution in [2.75, 3.05) is 12.0 Å². The highest BCUT2D eigenvalue weighted by Crippen LogP contribution is 2.40. The van der Waals surface area contributed by atoms with Gasteiger partial charge in [0.05, 0.1) is 18.5 Å². The maximum Gasteiger partial charge on any atom is 0.350 e. The van der Waals surface area contributed by atoms with Gasteiger partial charge in [-0.05, 0) is 35.7 Å². The van der Waals surface area contributed by atoms with Crippen molar-refractivity contribution >= 4 is 34.7 Å². The molecule has 0 saturated carbocycles. The van der Waals surface area contributed by atoms with Gasteiger partial charge in [0.2, 0.25) is 0 Å². The summed E-state index contributed by atoms with van der Waals surface area (Å²) in [7, 11) is 1.27. The van der Waals surface area contributed by atoms with Crippen LogP contribution in [-0.4, -0.2) is 19.1 Å². The van der Waals surface area contributed by atoms with Crippen molar-refractivity contribution in [3.63, 3.8) is 0 Å². The summed E-state index contributed by atoms with van der Waals surface area (Å²) in [6.07, 6.45) is 0. The number of esters is 1. The number of hydrogen-bond acceptors (Lipinski definition) is 4. The number of hydrogen-bond donors (Lipinski definition) is 1. The fourth-order valence-corrected chi connectivity index (χ4v) is 3.25. The molecule has 0 spiro atoms. The Balaban J connectivity index is 2.65. The molecule has 0 aliphatic heterocycles. The number of amides is 2. The van der Waals surface area contributed by atoms with Crippen molar-refractivity contribution in [3.8, 4) is 0 Å². The molecule has 0 aliphatic carbocycles. The molecule has 1 aromatic carbocycles. The molecule has 128 valence electrons. The predicted molar refractivity (Wildman–Crippen MR) is 92.5 cm³/mol. The van der Waals surface area contributed by atoms with E-state index >= 15 is 0 Å². The molecule has 0 atom stereocenters. The molecule has 1 heterocycles. The number of anilines is 2. The lowest BCUT2D eigenvalue weighted by Crippen LogP contribution is -2.32. The molecule has 2 aromatic rings. The molecule has 1 aromatic heterocycles. The molecule has 7 heteroatoms. The molecular weight excluding hydrogens is 331 g/mol. The van der Waals surface area contributed by atoms with Gasteiger partial charge in [0, 0.05) is 4.88 Å². The highest BCUT2D eigenvalue weighted by molar-refractivity contribution is 7.14. The first kappa shape index (κ1) is 17.9. The zero-order valence-corrected chi connectivity index (χ0v) is 14.7. The van der Waals surface area contributed by atoms with Crippen molar-refractivity contribution in [1.82, 2.24) is 0 Å². The first-order valence-electron chi connectivity index (χ1n) is 7.23. The number of primary amides is 1. The number of benzene rings is 1. The summed E-state index contributed by atoms with van der Waals surface area (Å²) in [5, 5.41) is 0. The van der Waals surface area contributed by atoms with E-state index in [4.69, 9.17) is 10.5 Å². The van der Waals surface area contributed by atoms with Gasteiger partial charge in [-0.2, -0.15) is 0 Å². The Morgan fingerprint density at radius 2 is 1.79 bits per heavy atom. The average molecular weight is 350 g/mol. The van der Waals surface area contributed by atoms with Gasteiger partial charge in [0.15, 0.2) is 0 Å². The summed E-state index contributed by atoms with van der Waals surface area (Å²) >= 11 is 1.24. The fraction of sp³-hybridized carbons (Fsp3) is 0.294. The number of methoxy groups -OCH3 is 1. The normalized spacial score (nSPS) is 11.2. The van der Waals surface area contributed by atoms with E-state index in [0.717, 1.165) is 4.88 Å². The second-order valence-electron chi connectivity index (χ2n) is 6.22. The van der Waals surface area contributed by atoms with Crippen LogP contribution in [0.1, 0.15) is 35.3 Å². The number of carbonyl (C=O) groups is 2. The van der Waals surface area contributed by atoms with Gasteiger partial charge in [-0.1, -0.05) is 20.8 Å². The van der Waals surface area contributed by atoms with Crippen LogP contribution in [-0.2, 0) is 10.2 Å². The Hall–Kier alpha value is -2.41. The Labute approximate surface area is 143 Å². The number of rotatable bonds is 3. The molecule has 2 rings (SSSR count). The van der Waals surface area contributed by atoms with E-state index in [1.165, 1.54) is 47.6 Å². The third kappa shape index (κ3) is 3.56. The SMILES string of the molecule is COC(=O)c1sc(C(C)(C)C)cc1N(C(N)=O)c1ccc(F)cc1. The molecule has 0 aliphatic rings. The van der Waals surface area contributed by atoms with Crippen LogP contribution in [0.4, 0.5) is 20.6 Å². The Morgan fingerprint density at radius 1 is 1.21 bits per heavy atom. The van der Waals surface area contributed by atoms with Gasteiger partial charge >= 0.3 is 12.0 Å². The molecular formula is C17H19FN2O3S. The minimum Gasteiger partial charge on any atom is -0.465 e. The summed E-state index contributed by atoms with van der Waals surface area (Å²) in [6, 6.07) is 6.27. The number of halogens is 1. The third-order valence-electron chi connectivity index (χ3n) is 3.37. The summed E-state index contributed by atoms with van der Waals surface area (Å²) < 4.78 is 18.0. The quantitative estimate of drug-likeness (QED) is 0.844. The summed E-state index contributed by atoms with van der Waals surface area (Å²) in [4.78, 5) is 26.5. The van der Waals surface area contributed by atoms with E-state index in [0.29, 0.717) is 11.4 Å². The molecule has 0 bridgehead atoms. The van der Waals surface area contributed by atoms with E-state index in [2.05, 4.69) is 0 Å². The minimum absolute atomic E-state index is 0.224. The maximum absolute atomic E-state index is 13.2. The number of carbonyl (C=O) groups excluding carboxylic acids is 2. The Morgan fingerprint density at radius 3 is 2.25 bits per heavy atom. The third-order valence-corrected chi connectivity index (χ3v) is 4.90. The highest BCUT2D eigenvalue weighted by atomic mass is 32.1. The number of nitrogens with two attached hydrogens (primary N) is 1. The summed E-state index contributed by atoms with van der Waals surface area (Å²) in [6.45, 7) is 5.99. The fourth-order valence-electron chi connectivity index (χ4n) is 2.13. The van der Waals surface area contributed by atoms with Crippen molar-refractivity contribution in [3.05, 3.63) is 45.9 Å². The van der Waals surface area contributed by atoms with Gasteiger partial charge < -0.3 is 10.5 Å². The van der Waals surface area contributed by atoms with Crippen LogP contribution in [0.2, 0.25) is 0 Å². The Bertz CT molecular complexity index is 763. The lowest BCUT2D eigenvalue weighted by molar-refractivity contribution is 0.0607. The predicted octanol–water partition coefficient (Wildman–Crippen LogP) is 4.19. The molecule has 2 N–H and O–H groups in total. The van der Waals surface area contributed by atoms with Crippen LogP contribution in [0.25, 0.3) is 0 Å². The molecule has 0 fully saturated rings. The first-order chi connectivity index (χ1) is 11.1. The number of nitrogens with zero attached hydrogens (tertiary/aromatic N) is 1. The van der Waals surface area contributed by atoms with Gasteiger partial charge in [-0.25, -0.2) is 14.0 Å². The van der Waals surface area contributed by atoms with Crippen LogP contribution < -0.4 is 10.6 Å². The second-order valence-corrected chi connectivity index (χ2v) is 7.27. The molecule has 0 saturated heterocycles. The Kier molecular flexibility index (Phi) is 4.94. The van der Waals surface area contributed by atoms with E-state index in [-0.39, 0.29) is 10.3 Å². The summed E-state index contributed by atoms with van der Waals surface area (Å²) in [5.74, 6) is -0.990. The maximum atomic E-state index is 13.2. The van der Waals surface area contributed by atoms with Crippen LogP contribution in [0.3, 0.4) is 0 Å². The molecule has 0 radical (unpaired) electrons. The van der Waals surface area contributed by atoms with E-state index in [1.807, 2.05) is 20.8 Å². The smallest absolute Gasteiger partial charge is 0.350 e. The van der Waals surface area contributed by atoms with Gasteiger partial charge in [-0.15, -0.1) is 11.3 Å². The van der Waals surface area contributed by atoms with Crippen LogP contribution in [0.5, 0.6) is 0 Å². The van der Waals surface area contributed by atoms with E-state index in [1.54, 1.807) is 6.07 Å². The number of urea groups is 1. The minimum atomic E-state index is -0.773. The van der Waals surface area contributed by atoms with Crippen LogP contribution >= 0.6 is 11.3 Å². The number of ether oxygens (including phenoxy) is 1. The van der Waals surface area contributed by atoms with Crippen LogP contribution in [0, 0.1) is 5.82 Å². The molecule has 5 nitrogen and oxygen atoms in total. The highest BCUT2D eigenvalue weighted by Gasteiger charge is 2.29. The van der Waals surface area contributed by atoms with Crippen molar-refractivity contribution < 1.29 is 18.7 Å². The molecule has 24 heavy (non-hydrogen) atoms. The zero-order chi connectivity index (χ0) is 18.1. The standard InChI is InChI=1S/C17H19FN2O3S/c1-17(2,3)13-9-12(14(24-13)15(21)23-4)20(16(19)22)11-7-5-10(18)6-8-11/h5-9H,1-4H3,(H2,19,22). The molecule has 0 unspecified atom stereocenters. The average Bonchev–Trinajstić information content (AvgIpc) is 2.93. The van der Waals surface area contributed by atoms with E-state index < -0.39 is 17.8 Å². The van der Waals surface area contributed by atoms with Crippen molar-refractivity contribution in [2.45, 2.75) is 26.2 Å². The van der Waals surface area contributed by atoms with Gasteiger partial charge in [0.25, 0.3) is 0 Å². The van der Waals surface area contributed by atoms with Gasteiger partial charge in [0.1, 0.15) is 10.7 Å². The first-order valence-corrected chi connectivity index (χ1v) is 8.04. The lowest BCUT2D eigenvalue weighted by Gasteiger charge is -2.20. The lowest BCUT2D eigenvalue weighted by atomic mass is 9.94. The van der Waals surface area contributed by atoms with Crippen LogP contribution in [0.15, 0.2) is 30.3 Å². The number of thiophene rings is 1. The zero-order valence-electron chi connectivity index (χ0n) is 13.9. The van der Waals surface area contributed by atoms with E-state index in [9.17, 15) is 14.0 Å². The van der Waals surface area contributed by atoms with Crippen molar-refractivity contribution in [2.24, 2.45) is 5.73 Å². The summed E-state index contributed by atoms with van der Waals surface area (Å²) in [5.41, 5.74) is 5.99. The monoisotopic (exact) mass is 350 g/mol. The van der Waals surface area contributed by atoms with Crippen molar-refractivity contribution in [1.29, 1.82) is 0 Å². The topological polar surface area (TPSA) is 72.6 Å². The van der Waals surface area contributed by atoms with Gasteiger partial charge in [-0.3, -0.25) is 4.90 Å². The largest absolute Gasteiger partial charge is 0.465 e.